The van der Waals surface area contributed by atoms with Gasteiger partial charge >= 0.3 is 5.69 Å². The summed E-state index contributed by atoms with van der Waals surface area (Å²) in [5.41, 5.74) is 1.85. The van der Waals surface area contributed by atoms with Gasteiger partial charge in [-0.2, -0.15) is 0 Å². The Labute approximate surface area is 154 Å². The first-order valence-corrected chi connectivity index (χ1v) is 8.97. The van der Waals surface area contributed by atoms with Crippen LogP contribution in [-0.4, -0.2) is 38.7 Å². The molecule has 2 heterocycles. The Kier molecular flexibility index (Phi) is 5.69. The van der Waals surface area contributed by atoms with Gasteiger partial charge in [-0.05, 0) is 18.2 Å². The van der Waals surface area contributed by atoms with Crippen LogP contribution >= 0.6 is 11.8 Å². The minimum absolute atomic E-state index is 0.0529. The Bertz CT molecular complexity index is 894. The van der Waals surface area contributed by atoms with Crippen LogP contribution in [0.5, 0.6) is 0 Å². The number of nitro groups is 1. The normalized spacial score (nSPS) is 10.6. The van der Waals surface area contributed by atoms with Crippen molar-refractivity contribution >= 4 is 40.1 Å². The number of imidazole rings is 1. The highest BCUT2D eigenvalue weighted by atomic mass is 32.2. The number of hydrogen-bond acceptors (Lipinski definition) is 7. The Morgan fingerprint density at radius 3 is 2.85 bits per heavy atom. The van der Waals surface area contributed by atoms with E-state index in [9.17, 15) is 10.1 Å². The maximum absolute atomic E-state index is 11.2. The van der Waals surface area contributed by atoms with E-state index >= 15 is 0 Å². The molecule has 9 heteroatoms. The average molecular weight is 370 g/mol. The fourth-order valence-electron chi connectivity index (χ4n) is 2.32. The van der Waals surface area contributed by atoms with Crippen molar-refractivity contribution in [1.82, 2.24) is 15.0 Å². The third-order valence-corrected chi connectivity index (χ3v) is 4.37. The molecular formula is C17H18N6O2S. The molecule has 3 rings (SSSR count). The SMILES string of the molecule is C=CCNc1ccc([N+](=O)[O-])c(NCCSc2nc3ccccc3[nH]2)n1. The molecule has 0 aliphatic heterocycles. The zero-order valence-corrected chi connectivity index (χ0v) is 14.8. The van der Waals surface area contributed by atoms with Gasteiger partial charge in [0.2, 0.25) is 5.82 Å². The summed E-state index contributed by atoms with van der Waals surface area (Å²) in [6.07, 6.45) is 1.69. The lowest BCUT2D eigenvalue weighted by atomic mass is 10.3. The lowest BCUT2D eigenvalue weighted by Crippen LogP contribution is -2.10. The monoisotopic (exact) mass is 370 g/mol. The zero-order valence-electron chi connectivity index (χ0n) is 13.9. The molecule has 0 aliphatic rings. The van der Waals surface area contributed by atoms with Gasteiger partial charge in [0.05, 0.1) is 16.0 Å². The van der Waals surface area contributed by atoms with Crippen molar-refractivity contribution in [3.63, 3.8) is 0 Å². The number of pyridine rings is 1. The summed E-state index contributed by atoms with van der Waals surface area (Å²) in [5, 5.41) is 18.0. The molecule has 134 valence electrons. The van der Waals surface area contributed by atoms with E-state index in [1.54, 1.807) is 23.9 Å². The number of anilines is 2. The van der Waals surface area contributed by atoms with E-state index in [0.717, 1.165) is 16.2 Å². The van der Waals surface area contributed by atoms with E-state index in [-0.39, 0.29) is 11.5 Å². The number of thioether (sulfide) groups is 1. The summed E-state index contributed by atoms with van der Waals surface area (Å²) in [6.45, 7) is 4.67. The predicted molar refractivity (Wildman–Crippen MR) is 105 cm³/mol. The molecule has 8 nitrogen and oxygen atoms in total. The topological polar surface area (TPSA) is 109 Å². The maximum atomic E-state index is 11.2. The number of nitrogens with one attached hydrogen (secondary N) is 3. The number of fused-ring (bicyclic) bond motifs is 1. The third kappa shape index (κ3) is 4.31. The molecule has 0 aliphatic carbocycles. The van der Waals surface area contributed by atoms with Crippen molar-refractivity contribution in [2.75, 3.05) is 29.5 Å². The Hall–Kier alpha value is -3.07. The summed E-state index contributed by atoms with van der Waals surface area (Å²) in [5.74, 6) is 1.49. The van der Waals surface area contributed by atoms with Crippen LogP contribution in [0.3, 0.4) is 0 Å². The third-order valence-electron chi connectivity index (χ3n) is 3.50. The van der Waals surface area contributed by atoms with Crippen molar-refractivity contribution in [2.24, 2.45) is 0 Å². The first-order valence-electron chi connectivity index (χ1n) is 7.99. The standard InChI is InChI=1S/C17H18N6O2S/c1-2-9-18-15-8-7-14(23(24)25)16(22-15)19-10-11-26-17-20-12-5-3-4-6-13(12)21-17/h2-8H,1,9-11H2,(H,20,21)(H2,18,19,22). The molecule has 0 amide bonds. The van der Waals surface area contributed by atoms with Crippen LogP contribution in [0.2, 0.25) is 0 Å². The van der Waals surface area contributed by atoms with Gasteiger partial charge in [-0.15, -0.1) is 6.58 Å². The quantitative estimate of drug-likeness (QED) is 0.173. The Morgan fingerprint density at radius 2 is 2.08 bits per heavy atom. The molecule has 0 spiro atoms. The summed E-state index contributed by atoms with van der Waals surface area (Å²) >= 11 is 1.54. The van der Waals surface area contributed by atoms with Gasteiger partial charge in [0.1, 0.15) is 5.82 Å². The van der Waals surface area contributed by atoms with Crippen LogP contribution in [0.4, 0.5) is 17.3 Å². The largest absolute Gasteiger partial charge is 0.367 e. The minimum Gasteiger partial charge on any atom is -0.367 e. The second-order valence-electron chi connectivity index (χ2n) is 5.33. The van der Waals surface area contributed by atoms with Crippen LogP contribution in [-0.2, 0) is 0 Å². The molecule has 0 unspecified atom stereocenters. The van der Waals surface area contributed by atoms with Crippen LogP contribution in [0.25, 0.3) is 11.0 Å². The molecule has 3 N–H and O–H groups in total. The summed E-state index contributed by atoms with van der Waals surface area (Å²) in [7, 11) is 0. The van der Waals surface area contributed by atoms with Gasteiger partial charge in [0.15, 0.2) is 5.16 Å². The molecular weight excluding hydrogens is 352 g/mol. The highest BCUT2D eigenvalue weighted by Crippen LogP contribution is 2.24. The number of H-pyrrole nitrogens is 1. The van der Waals surface area contributed by atoms with Crippen molar-refractivity contribution in [1.29, 1.82) is 0 Å². The zero-order chi connectivity index (χ0) is 18.4. The van der Waals surface area contributed by atoms with Crippen molar-refractivity contribution in [3.05, 3.63) is 59.2 Å². The summed E-state index contributed by atoms with van der Waals surface area (Å²) in [6, 6.07) is 10.8. The number of benzene rings is 1. The van der Waals surface area contributed by atoms with Crippen molar-refractivity contribution in [2.45, 2.75) is 5.16 Å². The van der Waals surface area contributed by atoms with E-state index in [2.05, 4.69) is 32.2 Å². The van der Waals surface area contributed by atoms with Gasteiger partial charge in [0, 0.05) is 24.9 Å². The predicted octanol–water partition coefficient (Wildman–Crippen LogP) is 3.67. The first-order chi connectivity index (χ1) is 12.7. The first kappa shape index (κ1) is 17.7. The molecule has 0 saturated heterocycles. The molecule has 3 aromatic rings. The molecule has 0 radical (unpaired) electrons. The molecule has 0 bridgehead atoms. The Morgan fingerprint density at radius 1 is 1.23 bits per heavy atom. The van der Waals surface area contributed by atoms with E-state index in [0.29, 0.717) is 24.7 Å². The molecule has 0 atom stereocenters. The number of aromatic nitrogens is 3. The van der Waals surface area contributed by atoms with Crippen LogP contribution in [0.1, 0.15) is 0 Å². The van der Waals surface area contributed by atoms with Crippen molar-refractivity contribution < 1.29 is 4.92 Å². The van der Waals surface area contributed by atoms with E-state index in [4.69, 9.17) is 0 Å². The molecule has 26 heavy (non-hydrogen) atoms. The van der Waals surface area contributed by atoms with Gasteiger partial charge in [-0.25, -0.2) is 9.97 Å². The molecule has 0 fully saturated rings. The molecule has 1 aromatic carbocycles. The maximum Gasteiger partial charge on any atom is 0.311 e. The second kappa shape index (κ2) is 8.34. The molecule has 2 aromatic heterocycles. The summed E-state index contributed by atoms with van der Waals surface area (Å²) in [4.78, 5) is 22.7. The van der Waals surface area contributed by atoms with Gasteiger partial charge < -0.3 is 15.6 Å². The van der Waals surface area contributed by atoms with Gasteiger partial charge in [-0.3, -0.25) is 10.1 Å². The number of para-hydroxylation sites is 2. The highest BCUT2D eigenvalue weighted by molar-refractivity contribution is 7.99. The fraction of sp³-hybridized carbons (Fsp3) is 0.176. The molecule has 0 saturated carbocycles. The number of nitrogens with zero attached hydrogens (tertiary/aromatic N) is 3. The minimum atomic E-state index is -0.445. The van der Waals surface area contributed by atoms with Crippen LogP contribution in [0, 0.1) is 10.1 Å². The second-order valence-corrected chi connectivity index (χ2v) is 6.41. The Balaban J connectivity index is 1.60. The smallest absolute Gasteiger partial charge is 0.311 e. The van der Waals surface area contributed by atoms with E-state index in [1.165, 1.54) is 6.07 Å². The van der Waals surface area contributed by atoms with Gasteiger partial charge in [-0.1, -0.05) is 30.0 Å². The number of hydrogen-bond donors (Lipinski definition) is 3. The van der Waals surface area contributed by atoms with Crippen LogP contribution < -0.4 is 10.6 Å². The lowest BCUT2D eigenvalue weighted by molar-refractivity contribution is -0.384. The van der Waals surface area contributed by atoms with Crippen molar-refractivity contribution in [3.8, 4) is 0 Å². The lowest BCUT2D eigenvalue weighted by Gasteiger charge is -2.08. The summed E-state index contributed by atoms with van der Waals surface area (Å²) < 4.78 is 0. The average Bonchev–Trinajstić information content (AvgIpc) is 3.06. The van der Waals surface area contributed by atoms with E-state index in [1.807, 2.05) is 24.3 Å². The fourth-order valence-corrected chi connectivity index (χ4v) is 3.06. The highest BCUT2D eigenvalue weighted by Gasteiger charge is 2.15. The number of rotatable bonds is 9. The van der Waals surface area contributed by atoms with Crippen LogP contribution in [0.15, 0.2) is 54.2 Å². The van der Waals surface area contributed by atoms with E-state index < -0.39 is 4.92 Å². The van der Waals surface area contributed by atoms with Gasteiger partial charge in [0.25, 0.3) is 0 Å². The number of aromatic amines is 1.